The van der Waals surface area contributed by atoms with Crippen molar-refractivity contribution in [2.45, 2.75) is 65.5 Å². The zero-order chi connectivity index (χ0) is 15.0. The molecule has 1 aromatic rings. The Morgan fingerprint density at radius 2 is 2.05 bits per heavy atom. The van der Waals surface area contributed by atoms with E-state index in [4.69, 9.17) is 14.7 Å². The van der Waals surface area contributed by atoms with E-state index in [1.807, 2.05) is 6.92 Å². The van der Waals surface area contributed by atoms with Gasteiger partial charge in [-0.05, 0) is 25.2 Å². The topological polar surface area (TPSA) is 47.0 Å². The van der Waals surface area contributed by atoms with Gasteiger partial charge in [0.05, 0.1) is 11.4 Å². The molecular weight excluding hydrogens is 262 g/mol. The second-order valence-corrected chi connectivity index (χ2v) is 7.29. The molecule has 116 valence electrons. The third kappa shape index (κ3) is 3.11. The van der Waals surface area contributed by atoms with Crippen molar-refractivity contribution in [3.63, 3.8) is 0 Å². The van der Waals surface area contributed by atoms with Crippen molar-refractivity contribution in [3.05, 3.63) is 22.8 Å². The first kappa shape index (κ1) is 14.9. The minimum absolute atomic E-state index is 0.0119. The number of nitrogens with zero attached hydrogens (tertiary/aromatic N) is 2. The average molecular weight is 289 g/mol. The van der Waals surface area contributed by atoms with Gasteiger partial charge in [-0.25, -0.2) is 9.97 Å². The van der Waals surface area contributed by atoms with Crippen LogP contribution in [0.4, 0.5) is 0 Å². The van der Waals surface area contributed by atoms with Gasteiger partial charge in [0.25, 0.3) is 0 Å². The first-order valence-corrected chi connectivity index (χ1v) is 8.22. The van der Waals surface area contributed by atoms with Gasteiger partial charge in [-0.1, -0.05) is 20.8 Å². The van der Waals surface area contributed by atoms with Crippen LogP contribution in [-0.2, 0) is 17.7 Å². The Kier molecular flexibility index (Phi) is 4.02. The second kappa shape index (κ2) is 5.65. The van der Waals surface area contributed by atoms with E-state index in [0.29, 0.717) is 12.5 Å². The van der Waals surface area contributed by atoms with Gasteiger partial charge < -0.3 is 10.1 Å². The summed E-state index contributed by atoms with van der Waals surface area (Å²) in [5.41, 5.74) is 3.90. The molecule has 1 atom stereocenters. The van der Waals surface area contributed by atoms with E-state index in [0.717, 1.165) is 25.3 Å². The van der Waals surface area contributed by atoms with Crippen LogP contribution in [0.2, 0.25) is 0 Å². The molecule has 21 heavy (non-hydrogen) atoms. The molecule has 1 fully saturated rings. The Morgan fingerprint density at radius 3 is 2.67 bits per heavy atom. The van der Waals surface area contributed by atoms with Crippen LogP contribution in [0.25, 0.3) is 0 Å². The molecule has 0 amide bonds. The van der Waals surface area contributed by atoms with Gasteiger partial charge in [0.2, 0.25) is 0 Å². The Morgan fingerprint density at radius 1 is 1.29 bits per heavy atom. The minimum Gasteiger partial charge on any atom is -0.370 e. The standard InChI is InChI=1S/C17H27N3O/c1-5-21-15(17(2,3)4)16-19-13-8-9-18-10-12(13)14(20-16)11-6-7-11/h11,15,18H,5-10H2,1-4H3. The molecule has 1 unspecified atom stereocenters. The monoisotopic (exact) mass is 289 g/mol. The molecule has 3 rings (SSSR count). The Labute approximate surface area is 127 Å². The van der Waals surface area contributed by atoms with Crippen LogP contribution in [-0.4, -0.2) is 23.1 Å². The maximum atomic E-state index is 6.00. The van der Waals surface area contributed by atoms with Gasteiger partial charge in [0, 0.05) is 37.6 Å². The molecule has 1 aliphatic heterocycles. The van der Waals surface area contributed by atoms with Crippen LogP contribution in [0, 0.1) is 5.41 Å². The van der Waals surface area contributed by atoms with Crippen LogP contribution >= 0.6 is 0 Å². The smallest absolute Gasteiger partial charge is 0.158 e. The summed E-state index contributed by atoms with van der Waals surface area (Å²) < 4.78 is 6.00. The normalized spacial score (nSPS) is 20.2. The number of nitrogens with one attached hydrogen (secondary N) is 1. The van der Waals surface area contributed by atoms with E-state index in [9.17, 15) is 0 Å². The molecule has 0 aromatic carbocycles. The lowest BCUT2D eigenvalue weighted by molar-refractivity contribution is -0.0194. The van der Waals surface area contributed by atoms with Crippen LogP contribution < -0.4 is 5.32 Å². The van der Waals surface area contributed by atoms with Crippen molar-refractivity contribution in [3.8, 4) is 0 Å². The highest BCUT2D eigenvalue weighted by molar-refractivity contribution is 5.33. The number of hydrogen-bond acceptors (Lipinski definition) is 4. The predicted octanol–water partition coefficient (Wildman–Crippen LogP) is 3.12. The van der Waals surface area contributed by atoms with Crippen LogP contribution in [0.5, 0.6) is 0 Å². The molecular formula is C17H27N3O. The van der Waals surface area contributed by atoms with E-state index >= 15 is 0 Å². The largest absolute Gasteiger partial charge is 0.370 e. The number of ether oxygens (including phenoxy) is 1. The van der Waals surface area contributed by atoms with E-state index in [1.54, 1.807) is 0 Å². The predicted molar refractivity (Wildman–Crippen MR) is 83.2 cm³/mol. The van der Waals surface area contributed by atoms with Crippen LogP contribution in [0.1, 0.15) is 75.3 Å². The van der Waals surface area contributed by atoms with Crippen LogP contribution in [0.3, 0.4) is 0 Å². The molecule has 4 nitrogen and oxygen atoms in total. The second-order valence-electron chi connectivity index (χ2n) is 7.29. The molecule has 0 radical (unpaired) electrons. The summed E-state index contributed by atoms with van der Waals surface area (Å²) in [6.07, 6.45) is 3.53. The molecule has 0 spiro atoms. The summed E-state index contributed by atoms with van der Waals surface area (Å²) in [6.45, 7) is 11.3. The maximum absolute atomic E-state index is 6.00. The summed E-state index contributed by atoms with van der Waals surface area (Å²) in [5, 5.41) is 3.46. The lowest BCUT2D eigenvalue weighted by Crippen LogP contribution is -2.30. The highest BCUT2D eigenvalue weighted by Crippen LogP contribution is 2.43. The molecule has 1 N–H and O–H groups in total. The number of hydrogen-bond donors (Lipinski definition) is 1. The molecule has 1 saturated carbocycles. The lowest BCUT2D eigenvalue weighted by Gasteiger charge is -2.30. The van der Waals surface area contributed by atoms with Crippen molar-refractivity contribution in [2.75, 3.05) is 13.2 Å². The molecule has 0 saturated heterocycles. The zero-order valence-electron chi connectivity index (χ0n) is 13.7. The zero-order valence-corrected chi connectivity index (χ0v) is 13.7. The Bertz CT molecular complexity index is 518. The highest BCUT2D eigenvalue weighted by atomic mass is 16.5. The van der Waals surface area contributed by atoms with Gasteiger partial charge >= 0.3 is 0 Å². The third-order valence-electron chi connectivity index (χ3n) is 4.30. The molecule has 0 bridgehead atoms. The van der Waals surface area contributed by atoms with Gasteiger partial charge in [-0.3, -0.25) is 0 Å². The van der Waals surface area contributed by atoms with E-state index in [2.05, 4.69) is 26.1 Å². The van der Waals surface area contributed by atoms with Gasteiger partial charge in [-0.2, -0.15) is 0 Å². The molecule has 2 heterocycles. The molecule has 1 aliphatic carbocycles. The van der Waals surface area contributed by atoms with Crippen molar-refractivity contribution in [1.29, 1.82) is 0 Å². The van der Waals surface area contributed by atoms with E-state index in [1.165, 1.54) is 29.8 Å². The highest BCUT2D eigenvalue weighted by Gasteiger charge is 2.35. The van der Waals surface area contributed by atoms with Crippen molar-refractivity contribution >= 4 is 0 Å². The minimum atomic E-state index is -0.0276. The van der Waals surface area contributed by atoms with Gasteiger partial charge in [-0.15, -0.1) is 0 Å². The fourth-order valence-corrected chi connectivity index (χ4v) is 3.08. The van der Waals surface area contributed by atoms with Crippen molar-refractivity contribution in [2.24, 2.45) is 5.41 Å². The number of rotatable bonds is 4. The van der Waals surface area contributed by atoms with E-state index in [-0.39, 0.29) is 11.5 Å². The molecule has 4 heteroatoms. The van der Waals surface area contributed by atoms with E-state index < -0.39 is 0 Å². The van der Waals surface area contributed by atoms with Crippen molar-refractivity contribution in [1.82, 2.24) is 15.3 Å². The summed E-state index contributed by atoms with van der Waals surface area (Å²) >= 11 is 0. The Balaban J connectivity index is 2.03. The maximum Gasteiger partial charge on any atom is 0.158 e. The molecule has 2 aliphatic rings. The fraction of sp³-hybridized carbons (Fsp3) is 0.765. The summed E-state index contributed by atoms with van der Waals surface area (Å²) in [7, 11) is 0. The quantitative estimate of drug-likeness (QED) is 0.925. The SMILES string of the molecule is CCOC(c1nc2c(c(C3CC3)n1)CNCC2)C(C)(C)C. The van der Waals surface area contributed by atoms with Gasteiger partial charge in [0.15, 0.2) is 5.82 Å². The number of fused-ring (bicyclic) bond motifs is 1. The third-order valence-corrected chi connectivity index (χ3v) is 4.30. The first-order chi connectivity index (χ1) is 10.0. The van der Waals surface area contributed by atoms with Crippen molar-refractivity contribution < 1.29 is 4.74 Å². The number of aromatic nitrogens is 2. The fourth-order valence-electron chi connectivity index (χ4n) is 3.08. The summed E-state index contributed by atoms with van der Waals surface area (Å²) in [5.74, 6) is 1.55. The average Bonchev–Trinajstić information content (AvgIpc) is 3.27. The first-order valence-electron chi connectivity index (χ1n) is 8.22. The van der Waals surface area contributed by atoms with Gasteiger partial charge in [0.1, 0.15) is 6.10 Å². The lowest BCUT2D eigenvalue weighted by atomic mass is 9.88. The van der Waals surface area contributed by atoms with Crippen LogP contribution in [0.15, 0.2) is 0 Å². The molecule has 1 aromatic heterocycles. The Hall–Kier alpha value is -1.00. The summed E-state index contributed by atoms with van der Waals surface area (Å²) in [4.78, 5) is 9.85. The summed E-state index contributed by atoms with van der Waals surface area (Å²) in [6, 6.07) is 0.